The van der Waals surface area contributed by atoms with Gasteiger partial charge < -0.3 is 14.8 Å². The van der Waals surface area contributed by atoms with Crippen LogP contribution >= 0.6 is 0 Å². The van der Waals surface area contributed by atoms with Gasteiger partial charge in [-0.25, -0.2) is 0 Å². The first kappa shape index (κ1) is 12.5. The smallest absolute Gasteiger partial charge is 0.211 e. The van der Waals surface area contributed by atoms with Crippen LogP contribution in [0.5, 0.6) is 0 Å². The molecule has 0 aliphatic carbocycles. The highest BCUT2D eigenvalue weighted by Crippen LogP contribution is 1.98. The van der Waals surface area contributed by atoms with E-state index in [1.807, 2.05) is 6.92 Å². The summed E-state index contributed by atoms with van der Waals surface area (Å²) < 4.78 is 10.0. The minimum absolute atomic E-state index is 0.0172. The lowest BCUT2D eigenvalue weighted by Crippen LogP contribution is -2.45. The van der Waals surface area contributed by atoms with Crippen molar-refractivity contribution in [2.75, 3.05) is 20.8 Å². The number of hydrogen-bond donors (Lipinski definition) is 1. The van der Waals surface area contributed by atoms with Crippen LogP contribution in [0.3, 0.4) is 0 Å². The summed E-state index contributed by atoms with van der Waals surface area (Å²) in [6, 6.07) is -0.147. The number of rotatable bonds is 6. The molecule has 0 bridgehead atoms. The molecule has 0 aromatic carbocycles. The van der Waals surface area contributed by atoms with E-state index in [1.165, 1.54) is 0 Å². The molecule has 0 aliphatic heterocycles. The number of methoxy groups -OCH3 is 2. The molecule has 0 aromatic heterocycles. The van der Waals surface area contributed by atoms with E-state index in [9.17, 15) is 4.79 Å². The Labute approximate surface area is 80.4 Å². The van der Waals surface area contributed by atoms with Gasteiger partial charge >= 0.3 is 0 Å². The van der Waals surface area contributed by atoms with Gasteiger partial charge in [0.2, 0.25) is 5.91 Å². The zero-order valence-corrected chi connectivity index (χ0v) is 8.37. The lowest BCUT2D eigenvalue weighted by Gasteiger charge is -2.23. The van der Waals surface area contributed by atoms with E-state index in [4.69, 9.17) is 17.3 Å². The van der Waals surface area contributed by atoms with E-state index in [0.29, 0.717) is 6.61 Å². The minimum atomic E-state index is -0.203. The van der Waals surface area contributed by atoms with Gasteiger partial charge in [0.05, 0.1) is 26.6 Å². The monoisotopic (exact) mass is 185 g/mol. The molecule has 0 saturated carbocycles. The first-order valence-corrected chi connectivity index (χ1v) is 4.16. The van der Waals surface area contributed by atoms with E-state index >= 15 is 0 Å². The molecule has 2 atom stereocenters. The fourth-order valence-corrected chi connectivity index (χ4v) is 0.904. The molecule has 0 spiro atoms. The summed E-state index contributed by atoms with van der Waals surface area (Å²) in [6.07, 6.45) is -0.105. The predicted molar refractivity (Wildman–Crippen MR) is 50.8 cm³/mol. The topological polar surface area (TPSA) is 47.6 Å². The first-order valence-electron chi connectivity index (χ1n) is 4.16. The maximum Gasteiger partial charge on any atom is 0.211 e. The Kier molecular flexibility index (Phi) is 6.63. The number of carbonyl (C=O) groups excluding carboxylic acids is 1. The fraction of sp³-hybridized carbons (Fsp3) is 0.875. The third kappa shape index (κ3) is 4.90. The van der Waals surface area contributed by atoms with Crippen molar-refractivity contribution in [3.63, 3.8) is 0 Å². The molecule has 13 heavy (non-hydrogen) atoms. The summed E-state index contributed by atoms with van der Waals surface area (Å²) in [4.78, 5) is 11.0. The molecule has 0 saturated heterocycles. The Bertz CT molecular complexity index is 154. The van der Waals surface area contributed by atoms with Crippen LogP contribution in [-0.2, 0) is 14.3 Å². The van der Waals surface area contributed by atoms with Crippen molar-refractivity contribution in [2.45, 2.75) is 25.4 Å². The summed E-state index contributed by atoms with van der Waals surface area (Å²) >= 11 is 0. The molecule has 74 valence electrons. The molecule has 0 aromatic rings. The van der Waals surface area contributed by atoms with Crippen LogP contribution in [0.25, 0.3) is 0 Å². The highest BCUT2D eigenvalue weighted by molar-refractivity contribution is 6.19. The average Bonchev–Trinajstić information content (AvgIpc) is 2.15. The van der Waals surface area contributed by atoms with Crippen molar-refractivity contribution in [1.82, 2.24) is 5.32 Å². The molecular formula is C8H16BNO3. The average molecular weight is 185 g/mol. The maximum atomic E-state index is 11.0. The summed E-state index contributed by atoms with van der Waals surface area (Å²) in [6.45, 7) is 2.28. The summed E-state index contributed by atoms with van der Waals surface area (Å²) in [5.41, 5.74) is 0. The van der Waals surface area contributed by atoms with Crippen LogP contribution in [0.15, 0.2) is 0 Å². The molecule has 4 nitrogen and oxygen atoms in total. The summed E-state index contributed by atoms with van der Waals surface area (Å²) in [5.74, 6) is -0.203. The molecule has 0 aliphatic rings. The van der Waals surface area contributed by atoms with E-state index in [0.717, 1.165) is 0 Å². The van der Waals surface area contributed by atoms with Gasteiger partial charge in [-0.15, -0.1) is 0 Å². The van der Waals surface area contributed by atoms with E-state index < -0.39 is 0 Å². The zero-order valence-electron chi connectivity index (χ0n) is 8.37. The molecule has 1 N–H and O–H groups in total. The minimum Gasteiger partial charge on any atom is -0.382 e. The van der Waals surface area contributed by atoms with E-state index in [-0.39, 0.29) is 24.4 Å². The lowest BCUT2D eigenvalue weighted by atomic mass is 10.0. The molecule has 0 fully saturated rings. The summed E-state index contributed by atoms with van der Waals surface area (Å²) in [5, 5.41) is 2.70. The van der Waals surface area contributed by atoms with Crippen molar-refractivity contribution in [3.05, 3.63) is 0 Å². The van der Waals surface area contributed by atoms with Gasteiger partial charge in [-0.2, -0.15) is 0 Å². The van der Waals surface area contributed by atoms with Gasteiger partial charge in [0, 0.05) is 14.2 Å². The van der Waals surface area contributed by atoms with Crippen molar-refractivity contribution in [3.8, 4) is 0 Å². The number of hydrogen-bond acceptors (Lipinski definition) is 3. The van der Waals surface area contributed by atoms with Crippen molar-refractivity contribution >= 4 is 13.8 Å². The SMILES string of the molecule is [B]CC(=O)NC(COC)[C@@H](C)OC. The Morgan fingerprint density at radius 1 is 1.54 bits per heavy atom. The molecule has 2 radical (unpaired) electrons. The Morgan fingerprint density at radius 2 is 2.15 bits per heavy atom. The third-order valence-corrected chi connectivity index (χ3v) is 1.82. The Morgan fingerprint density at radius 3 is 2.54 bits per heavy atom. The number of nitrogens with one attached hydrogen (secondary N) is 1. The van der Waals surface area contributed by atoms with Gasteiger partial charge in [-0.3, -0.25) is 4.79 Å². The second-order valence-corrected chi connectivity index (χ2v) is 2.77. The van der Waals surface area contributed by atoms with Crippen LogP contribution in [0.2, 0.25) is 6.32 Å². The molecule has 1 unspecified atom stereocenters. The van der Waals surface area contributed by atoms with Crippen molar-refractivity contribution in [2.24, 2.45) is 0 Å². The van der Waals surface area contributed by atoms with Crippen LogP contribution in [0.1, 0.15) is 6.92 Å². The van der Waals surface area contributed by atoms with Gasteiger partial charge in [-0.1, -0.05) is 0 Å². The predicted octanol–water partition coefficient (Wildman–Crippen LogP) is -0.261. The summed E-state index contributed by atoms with van der Waals surface area (Å²) in [7, 11) is 8.32. The van der Waals surface area contributed by atoms with Gasteiger partial charge in [0.1, 0.15) is 0 Å². The molecular weight excluding hydrogens is 169 g/mol. The van der Waals surface area contributed by atoms with Crippen LogP contribution in [-0.4, -0.2) is 46.7 Å². The third-order valence-electron chi connectivity index (χ3n) is 1.82. The van der Waals surface area contributed by atoms with Gasteiger partial charge in [0.15, 0.2) is 0 Å². The number of carbonyl (C=O) groups is 1. The molecule has 5 heteroatoms. The Hall–Kier alpha value is -0.545. The quantitative estimate of drug-likeness (QED) is 0.580. The lowest BCUT2D eigenvalue weighted by molar-refractivity contribution is -0.121. The number of amides is 1. The van der Waals surface area contributed by atoms with Crippen LogP contribution in [0, 0.1) is 0 Å². The maximum absolute atomic E-state index is 11.0. The Balaban J connectivity index is 4.00. The van der Waals surface area contributed by atoms with Crippen LogP contribution < -0.4 is 5.32 Å². The molecule has 0 rings (SSSR count). The fourth-order valence-electron chi connectivity index (χ4n) is 0.904. The van der Waals surface area contributed by atoms with Crippen molar-refractivity contribution < 1.29 is 14.3 Å². The molecule has 1 amide bonds. The van der Waals surface area contributed by atoms with E-state index in [1.54, 1.807) is 14.2 Å². The van der Waals surface area contributed by atoms with Gasteiger partial charge in [-0.05, 0) is 13.2 Å². The largest absolute Gasteiger partial charge is 0.382 e. The van der Waals surface area contributed by atoms with E-state index in [2.05, 4.69) is 5.32 Å². The zero-order chi connectivity index (χ0) is 10.3. The number of ether oxygens (including phenoxy) is 2. The molecule has 0 heterocycles. The highest BCUT2D eigenvalue weighted by Gasteiger charge is 2.17. The van der Waals surface area contributed by atoms with Crippen LogP contribution in [0.4, 0.5) is 0 Å². The highest BCUT2D eigenvalue weighted by atomic mass is 16.5. The first-order chi connectivity index (χ1) is 6.15. The normalized spacial score (nSPS) is 15.0. The second kappa shape index (κ2) is 6.92. The standard InChI is InChI=1S/C8H16BNO3/c1-6(13-3)7(5-12-2)10-8(11)4-9/h6-7H,4-5H2,1-3H3,(H,10,11)/t6-,7?/m1/s1. The second-order valence-electron chi connectivity index (χ2n) is 2.77. The van der Waals surface area contributed by atoms with Gasteiger partial charge in [0.25, 0.3) is 0 Å². The van der Waals surface area contributed by atoms with Crippen molar-refractivity contribution in [1.29, 1.82) is 0 Å².